The van der Waals surface area contributed by atoms with E-state index in [1.54, 1.807) is 14.1 Å². The van der Waals surface area contributed by atoms with E-state index < -0.39 is 53.0 Å². The Kier molecular flexibility index (Phi) is 5.77. The molecule has 1 saturated carbocycles. The number of hydrazone groups is 1. The summed E-state index contributed by atoms with van der Waals surface area (Å²) in [5.74, 6) is -1.78. The number of nitrogens with one attached hydrogen (secondary N) is 1. The Morgan fingerprint density at radius 2 is 1.97 bits per heavy atom. The fourth-order valence-electron chi connectivity index (χ4n) is 4.10. The van der Waals surface area contributed by atoms with Crippen LogP contribution in [0.25, 0.3) is 0 Å². The summed E-state index contributed by atoms with van der Waals surface area (Å²) in [7, 11) is 3.29. The second-order valence-corrected chi connectivity index (χ2v) is 7.62. The van der Waals surface area contributed by atoms with Crippen molar-refractivity contribution in [2.45, 2.75) is 43.7 Å². The van der Waals surface area contributed by atoms with Crippen LogP contribution in [0.5, 0.6) is 0 Å². The van der Waals surface area contributed by atoms with Gasteiger partial charge in [-0.2, -0.15) is 36.7 Å². The van der Waals surface area contributed by atoms with E-state index in [4.69, 9.17) is 0 Å². The zero-order chi connectivity index (χ0) is 23.1. The van der Waals surface area contributed by atoms with E-state index in [9.17, 15) is 36.4 Å². The van der Waals surface area contributed by atoms with Crippen LogP contribution >= 0.6 is 0 Å². The van der Waals surface area contributed by atoms with E-state index in [0.29, 0.717) is 19.3 Å². The van der Waals surface area contributed by atoms with Crippen LogP contribution in [-0.4, -0.2) is 48.3 Å². The molecule has 168 valence electrons. The molecule has 0 radical (unpaired) electrons. The number of nitriles is 1. The highest BCUT2D eigenvalue weighted by Crippen LogP contribution is 2.47. The van der Waals surface area contributed by atoms with Crippen LogP contribution in [-0.2, 0) is 17.1 Å². The summed E-state index contributed by atoms with van der Waals surface area (Å²) in [4.78, 5) is 18.8. The van der Waals surface area contributed by atoms with Gasteiger partial charge in [0.2, 0.25) is 0 Å². The number of rotatable bonds is 4. The zero-order valence-corrected chi connectivity index (χ0v) is 16.4. The maximum atomic E-state index is 13.5. The number of carbonyl (C=O) groups is 1. The predicted octanol–water partition coefficient (Wildman–Crippen LogP) is 2.97. The van der Waals surface area contributed by atoms with Crippen LogP contribution in [0.3, 0.4) is 0 Å². The van der Waals surface area contributed by atoms with E-state index >= 15 is 0 Å². The number of hydrogen-bond donors (Lipinski definition) is 1. The molecule has 2 fully saturated rings. The molecule has 3 atom stereocenters. The lowest BCUT2D eigenvalue weighted by Crippen LogP contribution is -2.50. The Bertz CT molecular complexity index is 935. The number of fused-ring (bicyclic) bond motifs is 2. The van der Waals surface area contributed by atoms with Crippen molar-refractivity contribution >= 4 is 18.1 Å². The summed E-state index contributed by atoms with van der Waals surface area (Å²) in [6, 6.07) is -0.436. The first-order valence-electron chi connectivity index (χ1n) is 9.22. The van der Waals surface area contributed by atoms with Gasteiger partial charge in [0.15, 0.2) is 0 Å². The quantitative estimate of drug-likeness (QED) is 0.331. The summed E-state index contributed by atoms with van der Waals surface area (Å²) in [6.45, 7) is 0. The summed E-state index contributed by atoms with van der Waals surface area (Å²) in [5, 5.41) is 13.1. The molecule has 2 heterocycles. The average Bonchev–Trinajstić information content (AvgIpc) is 3.26. The summed E-state index contributed by atoms with van der Waals surface area (Å²) in [6.07, 6.45) is -7.69. The Hall–Kier alpha value is -3.04. The van der Waals surface area contributed by atoms with E-state index in [2.05, 4.69) is 15.5 Å². The van der Waals surface area contributed by atoms with Gasteiger partial charge in [-0.15, -0.1) is 0 Å². The highest BCUT2D eigenvalue weighted by Gasteiger charge is 2.52. The number of amides is 1. The fraction of sp³-hybridized carbons (Fsp3) is 0.556. The summed E-state index contributed by atoms with van der Waals surface area (Å²) in [5.41, 5.74) is -2.29. The molecule has 1 aromatic rings. The van der Waals surface area contributed by atoms with E-state index in [1.807, 2.05) is 0 Å². The molecule has 31 heavy (non-hydrogen) atoms. The Morgan fingerprint density at radius 1 is 1.29 bits per heavy atom. The topological polar surface area (TPSA) is 84.6 Å². The third-order valence-corrected chi connectivity index (χ3v) is 5.27. The third-order valence-electron chi connectivity index (χ3n) is 5.27. The molecule has 13 heteroatoms. The molecular formula is C18H18F6N6O. The molecule has 2 aliphatic rings. The summed E-state index contributed by atoms with van der Waals surface area (Å²) >= 11 is 0. The van der Waals surface area contributed by atoms with Crippen LogP contribution < -0.4 is 10.3 Å². The van der Waals surface area contributed by atoms with Crippen molar-refractivity contribution in [1.82, 2.24) is 15.3 Å². The number of nitrogens with zero attached hydrogens (tertiary/aromatic N) is 5. The summed E-state index contributed by atoms with van der Waals surface area (Å²) < 4.78 is 80.4. The molecule has 1 aliphatic heterocycles. The van der Waals surface area contributed by atoms with Gasteiger partial charge in [-0.25, -0.2) is 10.4 Å². The number of piperidine rings is 1. The number of alkyl halides is 6. The first kappa shape index (κ1) is 22.6. The minimum absolute atomic E-state index is 0.174. The van der Waals surface area contributed by atoms with Crippen LogP contribution in [0.4, 0.5) is 32.2 Å². The molecule has 0 unspecified atom stereocenters. The predicted molar refractivity (Wildman–Crippen MR) is 96.7 cm³/mol. The minimum atomic E-state index is -5.21. The number of anilines is 1. The van der Waals surface area contributed by atoms with Crippen molar-refractivity contribution in [2.75, 3.05) is 19.0 Å². The molecule has 1 saturated heterocycles. The minimum Gasteiger partial charge on any atom is -0.367 e. The van der Waals surface area contributed by atoms with Gasteiger partial charge in [-0.1, -0.05) is 0 Å². The number of aromatic nitrogens is 1. The molecule has 1 aromatic heterocycles. The van der Waals surface area contributed by atoms with Gasteiger partial charge in [-0.05, 0) is 31.2 Å². The molecule has 1 aliphatic carbocycles. The Morgan fingerprint density at radius 3 is 2.52 bits per heavy atom. The van der Waals surface area contributed by atoms with Gasteiger partial charge in [-0.3, -0.25) is 4.79 Å². The van der Waals surface area contributed by atoms with Gasteiger partial charge in [0, 0.05) is 20.1 Å². The molecular weight excluding hydrogens is 430 g/mol. The first-order chi connectivity index (χ1) is 14.3. The smallest absolute Gasteiger partial charge is 0.367 e. The van der Waals surface area contributed by atoms with E-state index in [-0.39, 0.29) is 12.0 Å². The molecule has 1 N–H and O–H groups in total. The van der Waals surface area contributed by atoms with Crippen molar-refractivity contribution in [3.05, 3.63) is 22.9 Å². The second kappa shape index (κ2) is 7.90. The molecule has 7 nitrogen and oxygen atoms in total. The third kappa shape index (κ3) is 4.38. The van der Waals surface area contributed by atoms with E-state index in [0.717, 1.165) is 4.90 Å². The van der Waals surface area contributed by atoms with Crippen LogP contribution in [0, 0.1) is 17.2 Å². The molecule has 3 rings (SSSR count). The SMILES string of the molecule is CN(C)/C=N/NC(=O)[C@@H]1[C@H]2CC[C@H](C2)N1c1nc(C(F)(F)F)cc(C(F)(F)F)c1C#N. The van der Waals surface area contributed by atoms with Crippen LogP contribution in [0.1, 0.15) is 36.1 Å². The zero-order valence-electron chi connectivity index (χ0n) is 16.4. The van der Waals surface area contributed by atoms with Crippen molar-refractivity contribution in [2.24, 2.45) is 11.0 Å². The maximum Gasteiger partial charge on any atom is 0.433 e. The van der Waals surface area contributed by atoms with Gasteiger partial charge in [0.05, 0.1) is 5.56 Å². The van der Waals surface area contributed by atoms with Crippen LogP contribution in [0.2, 0.25) is 0 Å². The second-order valence-electron chi connectivity index (χ2n) is 7.62. The maximum absolute atomic E-state index is 13.5. The van der Waals surface area contributed by atoms with E-state index in [1.165, 1.54) is 17.3 Å². The Labute approximate surface area is 173 Å². The molecule has 0 spiro atoms. The lowest BCUT2D eigenvalue weighted by molar-refractivity contribution is -0.145. The van der Waals surface area contributed by atoms with Crippen molar-refractivity contribution in [1.29, 1.82) is 5.26 Å². The highest BCUT2D eigenvalue weighted by atomic mass is 19.4. The molecule has 2 bridgehead atoms. The number of carbonyl (C=O) groups excluding carboxylic acids is 1. The number of pyridine rings is 1. The van der Waals surface area contributed by atoms with Gasteiger partial charge < -0.3 is 9.80 Å². The van der Waals surface area contributed by atoms with Gasteiger partial charge in [0.25, 0.3) is 5.91 Å². The average molecular weight is 448 g/mol. The fourth-order valence-corrected chi connectivity index (χ4v) is 4.10. The number of halogens is 6. The molecule has 1 amide bonds. The van der Waals surface area contributed by atoms with Crippen LogP contribution in [0.15, 0.2) is 11.2 Å². The monoisotopic (exact) mass is 448 g/mol. The Balaban J connectivity index is 2.12. The largest absolute Gasteiger partial charge is 0.433 e. The lowest BCUT2D eigenvalue weighted by atomic mass is 9.97. The van der Waals surface area contributed by atoms with Crippen molar-refractivity contribution < 1.29 is 31.1 Å². The van der Waals surface area contributed by atoms with Gasteiger partial charge >= 0.3 is 12.4 Å². The molecule has 0 aromatic carbocycles. The van der Waals surface area contributed by atoms with Crippen molar-refractivity contribution in [3.63, 3.8) is 0 Å². The highest BCUT2D eigenvalue weighted by molar-refractivity contribution is 5.87. The lowest BCUT2D eigenvalue weighted by Gasteiger charge is -2.36. The normalized spacial score (nSPS) is 23.3. The van der Waals surface area contributed by atoms with Gasteiger partial charge in [0.1, 0.15) is 35.5 Å². The van der Waals surface area contributed by atoms with Crippen molar-refractivity contribution in [3.8, 4) is 6.07 Å². The first-order valence-corrected chi connectivity index (χ1v) is 9.22. The number of hydrogen-bond acceptors (Lipinski definition) is 5. The standard InChI is InChI=1S/C18H18F6N6O/c1-29(2)8-26-28-16(31)14-9-3-4-10(5-9)30(14)15-11(7-25)12(17(19,20)21)6-13(27-15)18(22,23)24/h6,8-10,14H,3-5H2,1-2H3,(H,28,31)/b26-8+/t9-,10+,14-/m0/s1.